The summed E-state index contributed by atoms with van der Waals surface area (Å²) < 4.78 is 0. The number of fused-ring (bicyclic) bond motifs is 1. The fraction of sp³-hybridized carbons (Fsp3) is 0.111. The Bertz CT molecular complexity index is 356. The molecule has 2 rings (SSSR count). The Morgan fingerprint density at radius 1 is 1.58 bits per heavy atom. The maximum absolute atomic E-state index is 10.7. The van der Waals surface area contributed by atoms with Gasteiger partial charge in [-0.2, -0.15) is 0 Å². The largest absolute Gasteiger partial charge is 0.364 e. The molecule has 0 saturated carbocycles. The molecule has 0 bridgehead atoms. The quantitative estimate of drug-likeness (QED) is 0.603. The summed E-state index contributed by atoms with van der Waals surface area (Å²) in [5, 5.41) is 0. The number of aliphatic imine (C=N–C) groups is 1. The lowest BCUT2D eigenvalue weighted by atomic mass is 10.0. The van der Waals surface area contributed by atoms with E-state index < -0.39 is 5.91 Å². The molecule has 1 amide bonds. The van der Waals surface area contributed by atoms with Gasteiger partial charge in [0.2, 0.25) is 0 Å². The van der Waals surface area contributed by atoms with Gasteiger partial charge in [0.25, 0.3) is 5.91 Å². The average Bonchev–Trinajstić information content (AvgIpc) is 2.46. The molecule has 2 aliphatic rings. The van der Waals surface area contributed by atoms with Gasteiger partial charge in [0, 0.05) is 6.42 Å². The minimum Gasteiger partial charge on any atom is -0.364 e. The van der Waals surface area contributed by atoms with Crippen LogP contribution in [0, 0.1) is 0 Å². The summed E-state index contributed by atoms with van der Waals surface area (Å²) in [6, 6.07) is 0. The maximum atomic E-state index is 10.7. The monoisotopic (exact) mass is 160 g/mol. The number of hydrogen-bond donors (Lipinski definition) is 1. The highest BCUT2D eigenvalue weighted by atomic mass is 16.1. The Kier molecular flexibility index (Phi) is 1.43. The lowest BCUT2D eigenvalue weighted by molar-refractivity contribution is -0.114. The highest BCUT2D eigenvalue weighted by Crippen LogP contribution is 2.20. The number of allylic oxidation sites excluding steroid dienone is 5. The molecule has 0 aromatic carbocycles. The first-order valence-corrected chi connectivity index (χ1v) is 3.73. The molecule has 1 heterocycles. The van der Waals surface area contributed by atoms with Gasteiger partial charge < -0.3 is 5.73 Å². The van der Waals surface area contributed by atoms with E-state index >= 15 is 0 Å². The predicted molar refractivity (Wildman–Crippen MR) is 46.6 cm³/mol. The van der Waals surface area contributed by atoms with Crippen LogP contribution in [0.15, 0.2) is 40.6 Å². The summed E-state index contributed by atoms with van der Waals surface area (Å²) in [5.74, 6) is -0.460. The van der Waals surface area contributed by atoms with Crippen LogP contribution in [0.5, 0.6) is 0 Å². The van der Waals surface area contributed by atoms with Crippen LogP contribution in [-0.4, -0.2) is 11.6 Å². The second-order valence-corrected chi connectivity index (χ2v) is 2.71. The van der Waals surface area contributed by atoms with Gasteiger partial charge in [0.05, 0.1) is 5.71 Å². The SMILES string of the molecule is NC(=O)C1=CC2=CC=CCC2=N1. The summed E-state index contributed by atoms with van der Waals surface area (Å²) in [4.78, 5) is 14.8. The molecule has 3 nitrogen and oxygen atoms in total. The Balaban J connectivity index is 2.38. The minimum absolute atomic E-state index is 0.361. The third-order valence-electron chi connectivity index (χ3n) is 1.86. The van der Waals surface area contributed by atoms with Crippen molar-refractivity contribution in [1.29, 1.82) is 0 Å². The van der Waals surface area contributed by atoms with Crippen molar-refractivity contribution < 1.29 is 4.79 Å². The van der Waals surface area contributed by atoms with Crippen molar-refractivity contribution in [3.05, 3.63) is 35.6 Å². The van der Waals surface area contributed by atoms with Gasteiger partial charge in [-0.05, 0) is 11.6 Å². The van der Waals surface area contributed by atoms with Gasteiger partial charge in [0.1, 0.15) is 5.70 Å². The number of amides is 1. The van der Waals surface area contributed by atoms with Crippen LogP contribution >= 0.6 is 0 Å². The van der Waals surface area contributed by atoms with Crippen molar-refractivity contribution in [2.75, 3.05) is 0 Å². The van der Waals surface area contributed by atoms with Crippen LogP contribution in [0.3, 0.4) is 0 Å². The zero-order valence-electron chi connectivity index (χ0n) is 6.45. The van der Waals surface area contributed by atoms with Crippen molar-refractivity contribution >= 4 is 11.6 Å². The molecule has 1 aliphatic heterocycles. The average molecular weight is 160 g/mol. The van der Waals surface area contributed by atoms with Gasteiger partial charge >= 0.3 is 0 Å². The highest BCUT2D eigenvalue weighted by Gasteiger charge is 2.17. The van der Waals surface area contributed by atoms with Crippen molar-refractivity contribution in [3.63, 3.8) is 0 Å². The standard InChI is InChI=1S/C9H8N2O/c10-9(12)8-5-6-3-1-2-4-7(6)11-8/h1-3,5H,4H2,(H2,10,12). The molecule has 12 heavy (non-hydrogen) atoms. The van der Waals surface area contributed by atoms with Crippen LogP contribution in [0.4, 0.5) is 0 Å². The second-order valence-electron chi connectivity index (χ2n) is 2.71. The molecule has 2 N–H and O–H groups in total. The molecule has 0 aromatic rings. The first-order valence-electron chi connectivity index (χ1n) is 3.73. The van der Waals surface area contributed by atoms with Crippen molar-refractivity contribution in [2.24, 2.45) is 10.7 Å². The van der Waals surface area contributed by atoms with E-state index in [1.165, 1.54) is 0 Å². The fourth-order valence-corrected chi connectivity index (χ4v) is 1.26. The minimum atomic E-state index is -0.460. The lowest BCUT2D eigenvalue weighted by Crippen LogP contribution is -2.11. The van der Waals surface area contributed by atoms with Crippen LogP contribution in [0.2, 0.25) is 0 Å². The lowest BCUT2D eigenvalue weighted by Gasteiger charge is -2.00. The summed E-state index contributed by atoms with van der Waals surface area (Å²) >= 11 is 0. The van der Waals surface area contributed by atoms with Crippen molar-refractivity contribution in [1.82, 2.24) is 0 Å². The molecular formula is C9H8N2O. The molecule has 0 atom stereocenters. The molecule has 0 spiro atoms. The van der Waals surface area contributed by atoms with Gasteiger partial charge in [-0.25, -0.2) is 4.99 Å². The number of carbonyl (C=O) groups excluding carboxylic acids is 1. The van der Waals surface area contributed by atoms with E-state index in [1.807, 2.05) is 18.2 Å². The molecule has 60 valence electrons. The molecule has 0 unspecified atom stereocenters. The first-order chi connectivity index (χ1) is 5.77. The third-order valence-corrected chi connectivity index (χ3v) is 1.86. The van der Waals surface area contributed by atoms with Gasteiger partial charge in [-0.3, -0.25) is 4.79 Å². The molecule has 0 radical (unpaired) electrons. The Labute approximate surface area is 70.0 Å². The van der Waals surface area contributed by atoms with Crippen LogP contribution in [-0.2, 0) is 4.79 Å². The maximum Gasteiger partial charge on any atom is 0.267 e. The van der Waals surface area contributed by atoms with E-state index in [9.17, 15) is 4.79 Å². The highest BCUT2D eigenvalue weighted by molar-refractivity contribution is 6.12. The topological polar surface area (TPSA) is 55.5 Å². The van der Waals surface area contributed by atoms with Gasteiger partial charge in [-0.1, -0.05) is 18.2 Å². The number of primary amides is 1. The molecule has 0 fully saturated rings. The number of rotatable bonds is 1. The van der Waals surface area contributed by atoms with E-state index in [4.69, 9.17) is 5.73 Å². The fourth-order valence-electron chi connectivity index (χ4n) is 1.26. The molecule has 0 saturated heterocycles. The number of carbonyl (C=O) groups is 1. The predicted octanol–water partition coefficient (Wildman–Crippen LogP) is 0.697. The normalized spacial score (nSPS) is 19.5. The Hall–Kier alpha value is -1.64. The van der Waals surface area contributed by atoms with Crippen molar-refractivity contribution in [3.8, 4) is 0 Å². The molecule has 3 heteroatoms. The van der Waals surface area contributed by atoms with Gasteiger partial charge in [-0.15, -0.1) is 0 Å². The van der Waals surface area contributed by atoms with Crippen LogP contribution in [0.1, 0.15) is 6.42 Å². The summed E-state index contributed by atoms with van der Waals surface area (Å²) in [7, 11) is 0. The number of hydrogen-bond acceptors (Lipinski definition) is 2. The number of nitrogens with zero attached hydrogens (tertiary/aromatic N) is 1. The zero-order chi connectivity index (χ0) is 8.55. The second kappa shape index (κ2) is 2.44. The van der Waals surface area contributed by atoms with Crippen LogP contribution in [0.25, 0.3) is 0 Å². The van der Waals surface area contributed by atoms with E-state index in [0.29, 0.717) is 5.70 Å². The van der Waals surface area contributed by atoms with E-state index in [2.05, 4.69) is 4.99 Å². The summed E-state index contributed by atoms with van der Waals surface area (Å²) in [6.07, 6.45) is 8.40. The smallest absolute Gasteiger partial charge is 0.267 e. The molecule has 1 aliphatic carbocycles. The van der Waals surface area contributed by atoms with Gasteiger partial charge in [0.15, 0.2) is 0 Å². The first kappa shape index (κ1) is 7.03. The third kappa shape index (κ3) is 0.993. The van der Waals surface area contributed by atoms with E-state index in [0.717, 1.165) is 17.7 Å². The summed E-state index contributed by atoms with van der Waals surface area (Å²) in [6.45, 7) is 0. The van der Waals surface area contributed by atoms with Crippen molar-refractivity contribution in [2.45, 2.75) is 6.42 Å². The summed E-state index contributed by atoms with van der Waals surface area (Å²) in [5.41, 5.74) is 7.39. The van der Waals surface area contributed by atoms with Crippen LogP contribution < -0.4 is 5.73 Å². The Morgan fingerprint density at radius 3 is 3.08 bits per heavy atom. The molecular weight excluding hydrogens is 152 g/mol. The number of nitrogens with two attached hydrogens (primary N) is 1. The molecule has 0 aromatic heterocycles. The Morgan fingerprint density at radius 2 is 2.42 bits per heavy atom. The van der Waals surface area contributed by atoms with E-state index in [1.54, 1.807) is 6.08 Å². The van der Waals surface area contributed by atoms with E-state index in [-0.39, 0.29) is 0 Å². The zero-order valence-corrected chi connectivity index (χ0v) is 6.45.